The zero-order chi connectivity index (χ0) is 13.2. The molecule has 0 aliphatic heterocycles. The molecule has 0 saturated carbocycles. The quantitative estimate of drug-likeness (QED) is 0.942. The molecule has 0 spiro atoms. The molecule has 2 aromatic rings. The molecule has 4 nitrogen and oxygen atoms in total. The van der Waals surface area contributed by atoms with E-state index in [0.717, 1.165) is 16.5 Å². The van der Waals surface area contributed by atoms with E-state index in [1.165, 1.54) is 0 Å². The first-order chi connectivity index (χ1) is 8.46. The molecule has 0 saturated heterocycles. The summed E-state index contributed by atoms with van der Waals surface area (Å²) in [4.78, 5) is 4.38. The highest BCUT2D eigenvalue weighted by Gasteiger charge is 2.15. The molecule has 0 aliphatic rings. The van der Waals surface area contributed by atoms with E-state index >= 15 is 0 Å². The van der Waals surface area contributed by atoms with Crippen molar-refractivity contribution in [1.82, 2.24) is 10.1 Å². The van der Waals surface area contributed by atoms with Gasteiger partial charge in [0.1, 0.15) is 0 Å². The van der Waals surface area contributed by atoms with Gasteiger partial charge < -0.3 is 10.3 Å². The number of nitrogens with zero attached hydrogens (tertiary/aromatic N) is 2. The third kappa shape index (κ3) is 3.40. The van der Waals surface area contributed by atoms with Crippen LogP contribution >= 0.6 is 15.9 Å². The van der Waals surface area contributed by atoms with Gasteiger partial charge in [0.05, 0.1) is 0 Å². The lowest BCUT2D eigenvalue weighted by Crippen LogP contribution is -2.32. The Bertz CT molecular complexity index is 531. The lowest BCUT2D eigenvalue weighted by atomic mass is 10.0. The molecule has 0 atom stereocenters. The fourth-order valence-corrected chi connectivity index (χ4v) is 2.00. The summed E-state index contributed by atoms with van der Waals surface area (Å²) in [7, 11) is 0. The number of benzene rings is 1. The zero-order valence-electron chi connectivity index (χ0n) is 10.5. The van der Waals surface area contributed by atoms with E-state index in [-0.39, 0.29) is 5.54 Å². The molecule has 1 heterocycles. The van der Waals surface area contributed by atoms with Gasteiger partial charge in [-0.1, -0.05) is 33.2 Å². The van der Waals surface area contributed by atoms with Crippen molar-refractivity contribution in [2.24, 2.45) is 5.73 Å². The number of hydrogen-bond acceptors (Lipinski definition) is 4. The smallest absolute Gasteiger partial charge is 0.227 e. The van der Waals surface area contributed by atoms with Gasteiger partial charge in [0.2, 0.25) is 11.7 Å². The predicted octanol–water partition coefficient (Wildman–Crippen LogP) is 3.17. The Morgan fingerprint density at radius 1 is 1.33 bits per heavy atom. The Morgan fingerprint density at radius 2 is 2.06 bits per heavy atom. The Kier molecular flexibility index (Phi) is 3.82. The van der Waals surface area contributed by atoms with Crippen LogP contribution < -0.4 is 5.73 Å². The summed E-state index contributed by atoms with van der Waals surface area (Å²) in [6, 6.07) is 7.80. The van der Waals surface area contributed by atoms with Crippen LogP contribution in [0.25, 0.3) is 11.4 Å². The molecule has 0 bridgehead atoms. The second-order valence-electron chi connectivity index (χ2n) is 4.98. The minimum absolute atomic E-state index is 0.220. The number of aryl methyl sites for hydroxylation is 1. The molecule has 0 aliphatic carbocycles. The van der Waals surface area contributed by atoms with E-state index in [0.29, 0.717) is 18.1 Å². The third-order valence-electron chi connectivity index (χ3n) is 2.57. The number of halogens is 1. The Balaban J connectivity index is 2.14. The highest BCUT2D eigenvalue weighted by molar-refractivity contribution is 9.10. The lowest BCUT2D eigenvalue weighted by Gasteiger charge is -2.16. The number of hydrogen-bond donors (Lipinski definition) is 1. The molecule has 0 radical (unpaired) electrons. The summed E-state index contributed by atoms with van der Waals surface area (Å²) in [5, 5.41) is 3.99. The van der Waals surface area contributed by atoms with Crippen LogP contribution in [0.5, 0.6) is 0 Å². The maximum Gasteiger partial charge on any atom is 0.227 e. The minimum Gasteiger partial charge on any atom is -0.339 e. The van der Waals surface area contributed by atoms with Crippen molar-refractivity contribution in [2.75, 3.05) is 0 Å². The second kappa shape index (κ2) is 5.20. The first-order valence-electron chi connectivity index (χ1n) is 5.82. The zero-order valence-corrected chi connectivity index (χ0v) is 12.1. The number of aromatic nitrogens is 2. The van der Waals surface area contributed by atoms with Crippen LogP contribution in [0.1, 0.15) is 26.2 Å². The highest BCUT2D eigenvalue weighted by Crippen LogP contribution is 2.25. The van der Waals surface area contributed by atoms with Gasteiger partial charge in [0.15, 0.2) is 0 Å². The Labute approximate surface area is 115 Å². The second-order valence-corrected chi connectivity index (χ2v) is 5.83. The van der Waals surface area contributed by atoms with Gasteiger partial charge in [-0.2, -0.15) is 4.98 Å². The summed E-state index contributed by atoms with van der Waals surface area (Å²) in [5.74, 6) is 1.23. The average molecular weight is 310 g/mol. The van der Waals surface area contributed by atoms with Gasteiger partial charge >= 0.3 is 0 Å². The van der Waals surface area contributed by atoms with Crippen molar-refractivity contribution in [3.63, 3.8) is 0 Å². The first kappa shape index (κ1) is 13.2. The molecule has 0 amide bonds. The molecule has 5 heteroatoms. The molecular weight excluding hydrogens is 294 g/mol. The van der Waals surface area contributed by atoms with E-state index in [2.05, 4.69) is 26.1 Å². The topological polar surface area (TPSA) is 64.9 Å². The number of rotatable bonds is 4. The normalized spacial score (nSPS) is 11.8. The molecule has 18 heavy (non-hydrogen) atoms. The van der Waals surface area contributed by atoms with Crippen LogP contribution in [0.2, 0.25) is 0 Å². The van der Waals surface area contributed by atoms with Crippen molar-refractivity contribution in [3.05, 3.63) is 34.6 Å². The van der Waals surface area contributed by atoms with Gasteiger partial charge in [0, 0.05) is 22.0 Å². The van der Waals surface area contributed by atoms with Gasteiger partial charge in [0.25, 0.3) is 0 Å². The van der Waals surface area contributed by atoms with E-state index in [1.807, 2.05) is 38.1 Å². The standard InChI is InChI=1S/C13H16BrN3O/c1-13(2,15)8-7-11-16-12(17-18-11)9-5-3-4-6-10(9)14/h3-6H,7-8,15H2,1-2H3. The van der Waals surface area contributed by atoms with Crippen LogP contribution in [0.4, 0.5) is 0 Å². The average Bonchev–Trinajstić information content (AvgIpc) is 2.75. The van der Waals surface area contributed by atoms with Crippen molar-refractivity contribution in [3.8, 4) is 11.4 Å². The van der Waals surface area contributed by atoms with Gasteiger partial charge in [-0.05, 0) is 32.4 Å². The monoisotopic (exact) mass is 309 g/mol. The number of nitrogens with two attached hydrogens (primary N) is 1. The molecule has 0 fully saturated rings. The van der Waals surface area contributed by atoms with Crippen LogP contribution in [0, 0.1) is 0 Å². The summed E-state index contributed by atoms with van der Waals surface area (Å²) in [6.45, 7) is 3.97. The first-order valence-corrected chi connectivity index (χ1v) is 6.61. The van der Waals surface area contributed by atoms with Crippen LogP contribution in [0.3, 0.4) is 0 Å². The highest BCUT2D eigenvalue weighted by atomic mass is 79.9. The van der Waals surface area contributed by atoms with E-state index in [1.54, 1.807) is 0 Å². The van der Waals surface area contributed by atoms with Crippen molar-refractivity contribution >= 4 is 15.9 Å². The van der Waals surface area contributed by atoms with Crippen molar-refractivity contribution in [2.45, 2.75) is 32.2 Å². The molecular formula is C13H16BrN3O. The van der Waals surface area contributed by atoms with Crippen molar-refractivity contribution < 1.29 is 4.52 Å². The van der Waals surface area contributed by atoms with E-state index in [4.69, 9.17) is 10.3 Å². The minimum atomic E-state index is -0.220. The largest absolute Gasteiger partial charge is 0.339 e. The summed E-state index contributed by atoms with van der Waals surface area (Å²) >= 11 is 3.47. The molecule has 0 unspecified atom stereocenters. The van der Waals surface area contributed by atoms with Crippen LogP contribution in [-0.4, -0.2) is 15.7 Å². The maximum absolute atomic E-state index is 5.93. The lowest BCUT2D eigenvalue weighted by molar-refractivity contribution is 0.358. The fraction of sp³-hybridized carbons (Fsp3) is 0.385. The van der Waals surface area contributed by atoms with E-state index < -0.39 is 0 Å². The van der Waals surface area contributed by atoms with Crippen LogP contribution in [-0.2, 0) is 6.42 Å². The van der Waals surface area contributed by atoms with Crippen LogP contribution in [0.15, 0.2) is 33.3 Å². The van der Waals surface area contributed by atoms with Gasteiger partial charge in [-0.3, -0.25) is 0 Å². The van der Waals surface area contributed by atoms with Gasteiger partial charge in [-0.25, -0.2) is 0 Å². The Morgan fingerprint density at radius 3 is 2.72 bits per heavy atom. The molecule has 96 valence electrons. The van der Waals surface area contributed by atoms with Crippen molar-refractivity contribution in [1.29, 1.82) is 0 Å². The molecule has 1 aromatic heterocycles. The molecule has 2 rings (SSSR count). The summed E-state index contributed by atoms with van der Waals surface area (Å²) < 4.78 is 6.19. The molecule has 1 aromatic carbocycles. The summed E-state index contributed by atoms with van der Waals surface area (Å²) in [5.41, 5.74) is 6.64. The fourth-order valence-electron chi connectivity index (χ4n) is 1.54. The van der Waals surface area contributed by atoms with E-state index in [9.17, 15) is 0 Å². The maximum atomic E-state index is 5.93. The SMILES string of the molecule is CC(C)(N)CCc1nc(-c2ccccc2Br)no1. The predicted molar refractivity (Wildman–Crippen MR) is 74.0 cm³/mol. The summed E-state index contributed by atoms with van der Waals surface area (Å²) in [6.07, 6.45) is 1.51. The third-order valence-corrected chi connectivity index (χ3v) is 3.26. The van der Waals surface area contributed by atoms with Gasteiger partial charge in [-0.15, -0.1) is 0 Å². The Hall–Kier alpha value is -1.20. The molecule has 2 N–H and O–H groups in total.